The van der Waals surface area contributed by atoms with Gasteiger partial charge in [0.25, 0.3) is 0 Å². The number of allylic oxidation sites excluding steroid dienone is 2. The number of nitrogens with zero attached hydrogens (tertiary/aromatic N) is 3. The molecule has 0 fully saturated rings. The van der Waals surface area contributed by atoms with Gasteiger partial charge in [0.15, 0.2) is 11.6 Å². The minimum absolute atomic E-state index is 0.118. The van der Waals surface area contributed by atoms with Crippen LogP contribution in [0.25, 0.3) is 10.7 Å². The van der Waals surface area contributed by atoms with Gasteiger partial charge in [0.2, 0.25) is 5.95 Å². The molecule has 160 valence electrons. The lowest BCUT2D eigenvalue weighted by Gasteiger charge is -2.38. The molecule has 1 aliphatic heterocycles. The van der Waals surface area contributed by atoms with Crippen LogP contribution in [0.3, 0.4) is 0 Å². The zero-order chi connectivity index (χ0) is 21.8. The Labute approximate surface area is 184 Å². The number of hydrogen-bond donors (Lipinski definition) is 1. The summed E-state index contributed by atoms with van der Waals surface area (Å²) in [6.45, 7) is 4.24. The van der Waals surface area contributed by atoms with Crippen molar-refractivity contribution in [3.63, 3.8) is 0 Å². The third-order valence-corrected chi connectivity index (χ3v) is 6.67. The second kappa shape index (κ2) is 7.23. The molecule has 1 aliphatic carbocycles. The monoisotopic (exact) mass is 436 g/mol. The van der Waals surface area contributed by atoms with Crippen molar-refractivity contribution in [1.82, 2.24) is 14.8 Å². The zero-order valence-corrected chi connectivity index (χ0v) is 18.7. The van der Waals surface area contributed by atoms with Gasteiger partial charge in [-0.1, -0.05) is 19.9 Å². The predicted octanol–water partition coefficient (Wildman–Crippen LogP) is 4.68. The highest BCUT2D eigenvalue weighted by molar-refractivity contribution is 7.13. The summed E-state index contributed by atoms with van der Waals surface area (Å²) in [5, 5.41) is 10.2. The van der Waals surface area contributed by atoms with Gasteiger partial charge in [-0.2, -0.15) is 4.98 Å². The number of fused-ring (bicyclic) bond motifs is 1. The lowest BCUT2D eigenvalue weighted by molar-refractivity contribution is -0.118. The number of hydrogen-bond acceptors (Lipinski definition) is 7. The molecular weight excluding hydrogens is 412 g/mol. The van der Waals surface area contributed by atoms with Crippen molar-refractivity contribution in [2.24, 2.45) is 5.41 Å². The number of carbonyl (C=O) groups excluding carboxylic acids is 1. The van der Waals surface area contributed by atoms with Crippen LogP contribution in [0.15, 0.2) is 47.0 Å². The van der Waals surface area contributed by atoms with Gasteiger partial charge in [0.1, 0.15) is 17.5 Å². The Morgan fingerprint density at radius 3 is 2.74 bits per heavy atom. The average molecular weight is 437 g/mol. The molecule has 0 amide bonds. The number of carbonyl (C=O) groups is 1. The van der Waals surface area contributed by atoms with Crippen LogP contribution < -0.4 is 14.8 Å². The highest BCUT2D eigenvalue weighted by Crippen LogP contribution is 2.47. The molecule has 0 radical (unpaired) electrons. The molecule has 1 unspecified atom stereocenters. The van der Waals surface area contributed by atoms with Crippen LogP contribution in [-0.4, -0.2) is 34.8 Å². The maximum atomic E-state index is 13.4. The minimum atomic E-state index is -0.443. The minimum Gasteiger partial charge on any atom is -0.497 e. The molecule has 2 aliphatic rings. The number of benzene rings is 1. The molecule has 2 aromatic heterocycles. The number of aromatic nitrogens is 3. The maximum Gasteiger partial charge on any atom is 0.226 e. The van der Waals surface area contributed by atoms with Crippen LogP contribution in [0.2, 0.25) is 0 Å². The Morgan fingerprint density at radius 2 is 2.03 bits per heavy atom. The summed E-state index contributed by atoms with van der Waals surface area (Å²) < 4.78 is 13.0. The fourth-order valence-corrected chi connectivity index (χ4v) is 5.11. The molecule has 1 aromatic carbocycles. The second-order valence-corrected chi connectivity index (χ2v) is 9.60. The Balaban J connectivity index is 1.74. The first kappa shape index (κ1) is 19.8. The Kier molecular flexibility index (Phi) is 4.62. The highest BCUT2D eigenvalue weighted by Gasteiger charge is 2.43. The van der Waals surface area contributed by atoms with E-state index < -0.39 is 6.04 Å². The lowest BCUT2D eigenvalue weighted by Crippen LogP contribution is -2.36. The quantitative estimate of drug-likeness (QED) is 0.640. The van der Waals surface area contributed by atoms with Crippen LogP contribution >= 0.6 is 11.3 Å². The normalized spacial score (nSPS) is 19.5. The van der Waals surface area contributed by atoms with Crippen molar-refractivity contribution in [3.05, 3.63) is 52.5 Å². The number of ketones is 1. The molecule has 0 bridgehead atoms. The van der Waals surface area contributed by atoms with Crippen LogP contribution in [0.5, 0.6) is 11.5 Å². The Morgan fingerprint density at radius 1 is 1.19 bits per heavy atom. The summed E-state index contributed by atoms with van der Waals surface area (Å²) in [7, 11) is 3.26. The molecular formula is C23H24N4O3S. The van der Waals surface area contributed by atoms with E-state index in [-0.39, 0.29) is 11.2 Å². The molecule has 8 heteroatoms. The number of rotatable bonds is 4. The van der Waals surface area contributed by atoms with Gasteiger partial charge in [-0.3, -0.25) is 4.79 Å². The SMILES string of the molecule is COc1ccc(OC)c(C2C3=C(CC(C)(C)CC3=O)Nc3nc(-c4cccs4)nn32)c1. The van der Waals surface area contributed by atoms with Gasteiger partial charge in [-0.05, 0) is 41.5 Å². The van der Waals surface area contributed by atoms with Crippen molar-refractivity contribution < 1.29 is 14.3 Å². The Bertz CT molecular complexity index is 1190. The van der Waals surface area contributed by atoms with E-state index in [2.05, 4.69) is 19.2 Å². The van der Waals surface area contributed by atoms with Gasteiger partial charge >= 0.3 is 0 Å². The van der Waals surface area contributed by atoms with Crippen LogP contribution in [0, 0.1) is 5.41 Å². The third kappa shape index (κ3) is 3.31. The Hall–Kier alpha value is -3.13. The smallest absolute Gasteiger partial charge is 0.226 e. The van der Waals surface area contributed by atoms with Crippen LogP contribution in [0.1, 0.15) is 38.3 Å². The first-order valence-corrected chi connectivity index (χ1v) is 11.0. The predicted molar refractivity (Wildman–Crippen MR) is 120 cm³/mol. The molecule has 5 rings (SSSR count). The highest BCUT2D eigenvalue weighted by atomic mass is 32.1. The standard InChI is InChI=1S/C23H24N4O3S/c1-23(2)11-15-19(16(28)12-23)20(14-10-13(29-3)7-8-17(14)30-4)27-22(24-15)25-21(26-27)18-6-5-9-31-18/h5-10,20H,11-12H2,1-4H3,(H,24,25,26). The summed E-state index contributed by atoms with van der Waals surface area (Å²) in [5.74, 6) is 2.75. The molecule has 1 N–H and O–H groups in total. The van der Waals surface area contributed by atoms with E-state index in [1.54, 1.807) is 30.2 Å². The first-order valence-electron chi connectivity index (χ1n) is 10.2. The van der Waals surface area contributed by atoms with Crippen molar-refractivity contribution in [1.29, 1.82) is 0 Å². The summed E-state index contributed by atoms with van der Waals surface area (Å²) in [5.41, 5.74) is 2.34. The van der Waals surface area contributed by atoms with E-state index in [9.17, 15) is 4.79 Å². The molecule has 0 saturated carbocycles. The number of thiophene rings is 1. The summed E-state index contributed by atoms with van der Waals surface area (Å²) in [6.07, 6.45) is 1.25. The van der Waals surface area contributed by atoms with Gasteiger partial charge in [0, 0.05) is 23.3 Å². The lowest BCUT2D eigenvalue weighted by atomic mass is 9.73. The molecule has 0 spiro atoms. The molecule has 0 saturated heterocycles. The van der Waals surface area contributed by atoms with Crippen molar-refractivity contribution in [2.75, 3.05) is 19.5 Å². The fraction of sp³-hybridized carbons (Fsp3) is 0.348. The largest absolute Gasteiger partial charge is 0.497 e. The number of Topliss-reactive ketones (excluding diaryl/α,β-unsaturated/α-hetero) is 1. The number of ether oxygens (including phenoxy) is 2. The molecule has 31 heavy (non-hydrogen) atoms. The van der Waals surface area contributed by atoms with E-state index >= 15 is 0 Å². The molecule has 7 nitrogen and oxygen atoms in total. The fourth-order valence-electron chi connectivity index (χ4n) is 4.46. The van der Waals surface area contributed by atoms with E-state index in [1.165, 1.54) is 0 Å². The zero-order valence-electron chi connectivity index (χ0n) is 17.9. The van der Waals surface area contributed by atoms with Gasteiger partial charge in [0.05, 0.1) is 19.1 Å². The summed E-state index contributed by atoms with van der Waals surface area (Å²) >= 11 is 1.58. The average Bonchev–Trinajstić information content (AvgIpc) is 3.40. The first-order chi connectivity index (χ1) is 14.9. The second-order valence-electron chi connectivity index (χ2n) is 8.65. The third-order valence-electron chi connectivity index (χ3n) is 5.80. The number of nitrogens with one attached hydrogen (secondary N) is 1. The number of methoxy groups -OCH3 is 2. The summed E-state index contributed by atoms with van der Waals surface area (Å²) in [4.78, 5) is 19.1. The van der Waals surface area contributed by atoms with Crippen molar-refractivity contribution >= 4 is 23.1 Å². The van der Waals surface area contributed by atoms with E-state index in [4.69, 9.17) is 19.6 Å². The van der Waals surface area contributed by atoms with Crippen LogP contribution in [0.4, 0.5) is 5.95 Å². The maximum absolute atomic E-state index is 13.4. The van der Waals surface area contributed by atoms with Gasteiger partial charge in [-0.25, -0.2) is 4.68 Å². The summed E-state index contributed by atoms with van der Waals surface area (Å²) in [6, 6.07) is 9.16. The van der Waals surface area contributed by atoms with Crippen molar-refractivity contribution in [2.45, 2.75) is 32.7 Å². The van der Waals surface area contributed by atoms with Crippen molar-refractivity contribution in [3.8, 4) is 22.2 Å². The van der Waals surface area contributed by atoms with E-state index in [0.29, 0.717) is 29.7 Å². The van der Waals surface area contributed by atoms with E-state index in [1.807, 2.05) is 35.7 Å². The van der Waals surface area contributed by atoms with Crippen LogP contribution in [-0.2, 0) is 4.79 Å². The molecule has 3 heterocycles. The molecule has 3 aromatic rings. The number of anilines is 1. The van der Waals surface area contributed by atoms with Gasteiger partial charge < -0.3 is 14.8 Å². The van der Waals surface area contributed by atoms with E-state index in [0.717, 1.165) is 28.1 Å². The topological polar surface area (TPSA) is 78.3 Å². The van der Waals surface area contributed by atoms with Gasteiger partial charge in [-0.15, -0.1) is 16.4 Å². The molecule has 1 atom stereocenters.